The van der Waals surface area contributed by atoms with Gasteiger partial charge in [-0.2, -0.15) is 0 Å². The number of hydrogen-bond donors (Lipinski definition) is 0. The van der Waals surface area contributed by atoms with Gasteiger partial charge in [0, 0.05) is 23.1 Å². The lowest BCUT2D eigenvalue weighted by Gasteiger charge is -1.95. The first-order chi connectivity index (χ1) is 8.79. The third-order valence-electron chi connectivity index (χ3n) is 2.19. The van der Waals surface area contributed by atoms with Gasteiger partial charge in [0.25, 0.3) is 0 Å². The molecule has 0 bridgehead atoms. The van der Waals surface area contributed by atoms with E-state index in [1.807, 2.05) is 24.3 Å². The van der Waals surface area contributed by atoms with E-state index >= 15 is 0 Å². The molecular formula is C14H11NO3. The highest BCUT2D eigenvalue weighted by molar-refractivity contribution is 5.89. The Morgan fingerprint density at radius 1 is 1.33 bits per heavy atom. The molecule has 0 saturated carbocycles. The fraction of sp³-hybridized carbons (Fsp3) is 0.143. The molecule has 0 spiro atoms. The van der Waals surface area contributed by atoms with Crippen molar-refractivity contribution in [1.29, 1.82) is 0 Å². The van der Waals surface area contributed by atoms with E-state index in [0.29, 0.717) is 12.4 Å². The van der Waals surface area contributed by atoms with Crippen LogP contribution in [0.3, 0.4) is 0 Å². The number of carbonyl (C=O) groups excluding carboxylic acids is 1. The average molecular weight is 241 g/mol. The van der Waals surface area contributed by atoms with Crippen molar-refractivity contribution in [2.24, 2.45) is 0 Å². The van der Waals surface area contributed by atoms with E-state index in [1.54, 1.807) is 19.2 Å². The highest BCUT2D eigenvalue weighted by Crippen LogP contribution is 2.18. The number of carbonyl (C=O) groups is 1. The van der Waals surface area contributed by atoms with Crippen LogP contribution in [0.4, 0.5) is 0 Å². The summed E-state index contributed by atoms with van der Waals surface area (Å²) in [6.07, 6.45) is 1.59. The zero-order valence-electron chi connectivity index (χ0n) is 9.84. The first kappa shape index (κ1) is 11.9. The minimum Gasteiger partial charge on any atom is -0.456 e. The van der Waals surface area contributed by atoms with E-state index in [9.17, 15) is 4.79 Å². The Labute approximate surface area is 105 Å². The Morgan fingerprint density at radius 2 is 2.11 bits per heavy atom. The first-order valence-corrected chi connectivity index (χ1v) is 5.49. The van der Waals surface area contributed by atoms with E-state index in [0.717, 1.165) is 11.1 Å². The summed E-state index contributed by atoms with van der Waals surface area (Å²) in [4.78, 5) is 11.1. The Morgan fingerprint density at radius 3 is 2.72 bits per heavy atom. The van der Waals surface area contributed by atoms with E-state index in [2.05, 4.69) is 17.0 Å². The van der Waals surface area contributed by atoms with Crippen LogP contribution in [0, 0.1) is 11.8 Å². The van der Waals surface area contributed by atoms with Crippen LogP contribution in [-0.2, 0) is 9.53 Å². The summed E-state index contributed by atoms with van der Waals surface area (Å²) in [5, 5.41) is 3.64. The molecule has 1 aromatic carbocycles. The molecule has 0 unspecified atom stereocenters. The van der Waals surface area contributed by atoms with Crippen LogP contribution in [-0.4, -0.2) is 17.7 Å². The highest BCUT2D eigenvalue weighted by Gasteiger charge is 2.00. The zero-order chi connectivity index (χ0) is 12.8. The van der Waals surface area contributed by atoms with Gasteiger partial charge in [-0.3, -0.25) is 0 Å². The van der Waals surface area contributed by atoms with Gasteiger partial charge in [-0.05, 0) is 31.2 Å². The number of benzene rings is 1. The molecule has 2 aromatic rings. The maximum atomic E-state index is 11.1. The largest absolute Gasteiger partial charge is 0.456 e. The minimum absolute atomic E-state index is 0.331. The summed E-state index contributed by atoms with van der Waals surface area (Å²) in [7, 11) is 0. The van der Waals surface area contributed by atoms with E-state index in [1.165, 1.54) is 0 Å². The summed E-state index contributed by atoms with van der Waals surface area (Å²) in [5.41, 5.74) is 1.65. The normalized spacial score (nSPS) is 9.39. The summed E-state index contributed by atoms with van der Waals surface area (Å²) in [6.45, 7) is 2.07. The van der Waals surface area contributed by atoms with Gasteiger partial charge in [-0.25, -0.2) is 4.79 Å². The van der Waals surface area contributed by atoms with Gasteiger partial charge in [0.1, 0.15) is 0 Å². The zero-order valence-corrected chi connectivity index (χ0v) is 9.84. The van der Waals surface area contributed by atoms with E-state index in [4.69, 9.17) is 9.26 Å². The molecule has 0 saturated heterocycles. The first-order valence-electron chi connectivity index (χ1n) is 5.49. The predicted octanol–water partition coefficient (Wildman–Crippen LogP) is 2.26. The van der Waals surface area contributed by atoms with Crippen LogP contribution in [0.5, 0.6) is 0 Å². The number of aromatic nitrogens is 1. The molecule has 0 aliphatic rings. The van der Waals surface area contributed by atoms with Gasteiger partial charge >= 0.3 is 5.97 Å². The summed E-state index contributed by atoms with van der Waals surface area (Å²) < 4.78 is 9.74. The maximum absolute atomic E-state index is 11.1. The average Bonchev–Trinajstić information content (AvgIpc) is 2.91. The summed E-state index contributed by atoms with van der Waals surface area (Å²) >= 11 is 0. The molecule has 0 fully saturated rings. The van der Waals surface area contributed by atoms with Crippen molar-refractivity contribution in [2.45, 2.75) is 6.92 Å². The predicted molar refractivity (Wildman–Crippen MR) is 65.5 cm³/mol. The van der Waals surface area contributed by atoms with Crippen molar-refractivity contribution in [1.82, 2.24) is 5.16 Å². The van der Waals surface area contributed by atoms with Crippen molar-refractivity contribution in [3.05, 3.63) is 42.1 Å². The van der Waals surface area contributed by atoms with E-state index in [-0.39, 0.29) is 0 Å². The standard InChI is InChI=1S/C14H11NO3/c1-2-17-14(16)8-5-11-3-6-12(7-4-11)13-9-10-15-18-13/h3-4,6-7,9-10H,2H2,1H3. The van der Waals surface area contributed by atoms with Gasteiger partial charge in [0.15, 0.2) is 5.76 Å². The van der Waals surface area contributed by atoms with Gasteiger partial charge in [0.2, 0.25) is 0 Å². The Balaban J connectivity index is 2.11. The number of ether oxygens (including phenoxy) is 1. The Hall–Kier alpha value is -2.54. The maximum Gasteiger partial charge on any atom is 0.384 e. The SMILES string of the molecule is CCOC(=O)C#Cc1ccc(-c2ccno2)cc1. The molecule has 1 aromatic heterocycles. The van der Waals surface area contributed by atoms with Crippen molar-refractivity contribution >= 4 is 5.97 Å². The molecule has 0 radical (unpaired) electrons. The molecule has 0 aliphatic carbocycles. The van der Waals surface area contributed by atoms with Crippen LogP contribution in [0.1, 0.15) is 12.5 Å². The molecule has 0 atom stereocenters. The molecule has 2 rings (SSSR count). The molecule has 1 heterocycles. The number of hydrogen-bond acceptors (Lipinski definition) is 4. The second-order valence-electron chi connectivity index (χ2n) is 3.42. The number of nitrogens with zero attached hydrogens (tertiary/aromatic N) is 1. The monoisotopic (exact) mass is 241 g/mol. The number of esters is 1. The smallest absolute Gasteiger partial charge is 0.384 e. The third-order valence-corrected chi connectivity index (χ3v) is 2.19. The molecule has 4 heteroatoms. The summed E-state index contributed by atoms with van der Waals surface area (Å²) in [6, 6.07) is 9.11. The van der Waals surface area contributed by atoms with Gasteiger partial charge in [0.05, 0.1) is 12.8 Å². The lowest BCUT2D eigenvalue weighted by Crippen LogP contribution is -1.99. The molecule has 0 amide bonds. The van der Waals surface area contributed by atoms with E-state index < -0.39 is 5.97 Å². The Kier molecular flexibility index (Phi) is 3.77. The minimum atomic E-state index is -0.517. The van der Waals surface area contributed by atoms with Crippen LogP contribution >= 0.6 is 0 Å². The van der Waals surface area contributed by atoms with Crippen LogP contribution < -0.4 is 0 Å². The molecule has 4 nitrogen and oxygen atoms in total. The van der Waals surface area contributed by atoms with Crippen molar-refractivity contribution in [3.8, 4) is 23.2 Å². The van der Waals surface area contributed by atoms with Crippen LogP contribution in [0.2, 0.25) is 0 Å². The topological polar surface area (TPSA) is 52.3 Å². The quantitative estimate of drug-likeness (QED) is 0.597. The van der Waals surface area contributed by atoms with Crippen LogP contribution in [0.25, 0.3) is 11.3 Å². The second-order valence-corrected chi connectivity index (χ2v) is 3.42. The van der Waals surface area contributed by atoms with Crippen molar-refractivity contribution < 1.29 is 14.1 Å². The van der Waals surface area contributed by atoms with Crippen molar-refractivity contribution in [3.63, 3.8) is 0 Å². The van der Waals surface area contributed by atoms with Crippen molar-refractivity contribution in [2.75, 3.05) is 6.61 Å². The van der Waals surface area contributed by atoms with Gasteiger partial charge in [-0.15, -0.1) is 0 Å². The summed E-state index contributed by atoms with van der Waals surface area (Å²) in [5.74, 6) is 5.32. The molecule has 18 heavy (non-hydrogen) atoms. The molecule has 0 N–H and O–H groups in total. The number of rotatable bonds is 2. The molecule has 0 aliphatic heterocycles. The van der Waals surface area contributed by atoms with Gasteiger partial charge < -0.3 is 9.26 Å². The molecular weight excluding hydrogens is 230 g/mol. The fourth-order valence-electron chi connectivity index (χ4n) is 1.37. The highest BCUT2D eigenvalue weighted by atomic mass is 16.5. The fourth-order valence-corrected chi connectivity index (χ4v) is 1.37. The van der Waals surface area contributed by atoms with Gasteiger partial charge in [-0.1, -0.05) is 11.1 Å². The Bertz CT molecular complexity index is 574. The molecule has 90 valence electrons. The lowest BCUT2D eigenvalue weighted by molar-refractivity contribution is -0.136. The van der Waals surface area contributed by atoms with Crippen LogP contribution in [0.15, 0.2) is 41.1 Å². The lowest BCUT2D eigenvalue weighted by atomic mass is 10.1. The third kappa shape index (κ3) is 2.98. The second kappa shape index (κ2) is 5.69.